The molecular weight excluding hydrogens is 464 g/mol. The average molecular weight is 499 g/mol. The molecule has 37 heavy (non-hydrogen) atoms. The molecule has 6 heteroatoms. The lowest BCUT2D eigenvalue weighted by Gasteiger charge is -2.15. The summed E-state index contributed by atoms with van der Waals surface area (Å²) in [7, 11) is 0. The van der Waals surface area contributed by atoms with E-state index < -0.39 is 11.9 Å². The number of fused-ring (bicyclic) bond motifs is 2. The van der Waals surface area contributed by atoms with Crippen LogP contribution >= 0.6 is 0 Å². The monoisotopic (exact) mass is 498 g/mol. The van der Waals surface area contributed by atoms with Crippen LogP contribution in [0.4, 0.5) is 0 Å². The number of rotatable bonds is 10. The number of carbonyl (C=O) groups is 2. The Kier molecular flexibility index (Phi) is 7.86. The molecule has 192 valence electrons. The van der Waals surface area contributed by atoms with E-state index in [1.165, 1.54) is 0 Å². The zero-order chi connectivity index (χ0) is 26.7. The van der Waals surface area contributed by atoms with E-state index in [1.807, 2.05) is 50.2 Å². The maximum Gasteiger partial charge on any atom is 0.336 e. The van der Waals surface area contributed by atoms with E-state index in [4.69, 9.17) is 9.97 Å². The lowest BCUT2D eigenvalue weighted by Crippen LogP contribution is -2.10. The molecular formula is C31H34N2O4. The topological polar surface area (TPSA) is 100 Å². The molecule has 0 aliphatic rings. The summed E-state index contributed by atoms with van der Waals surface area (Å²) in [5.74, 6) is -1.87. The van der Waals surface area contributed by atoms with Crippen LogP contribution in [0.25, 0.3) is 21.8 Å². The van der Waals surface area contributed by atoms with Gasteiger partial charge in [0.25, 0.3) is 0 Å². The minimum Gasteiger partial charge on any atom is -0.478 e. The standard InChI is InChI=1S/C31H34N2O4/c1-5-9-24-20(7-3)28(30(34)35)22-16-18(11-13-26(22)32-24)15-19-12-14-27-23(17-19)29(31(36)37)21(8-4)25(33-27)10-6-2/h11-14,16-17H,5-10,15H2,1-4H3,(H,34,35)(H,36,37). The van der Waals surface area contributed by atoms with Crippen LogP contribution in [0.3, 0.4) is 0 Å². The zero-order valence-corrected chi connectivity index (χ0v) is 22.0. The molecule has 4 aromatic rings. The number of nitrogens with zero attached hydrogens (tertiary/aromatic N) is 2. The first kappa shape index (κ1) is 26.3. The van der Waals surface area contributed by atoms with Crippen LogP contribution in [-0.2, 0) is 32.1 Å². The average Bonchev–Trinajstić information content (AvgIpc) is 2.87. The van der Waals surface area contributed by atoms with Gasteiger partial charge in [-0.25, -0.2) is 9.59 Å². The molecule has 2 aromatic heterocycles. The molecule has 4 rings (SSSR count). The van der Waals surface area contributed by atoms with Gasteiger partial charge in [-0.2, -0.15) is 0 Å². The van der Waals surface area contributed by atoms with Gasteiger partial charge in [0.1, 0.15) is 0 Å². The van der Waals surface area contributed by atoms with Crippen molar-refractivity contribution in [2.24, 2.45) is 0 Å². The number of aromatic nitrogens is 2. The van der Waals surface area contributed by atoms with Gasteiger partial charge in [0.15, 0.2) is 0 Å². The number of pyridine rings is 2. The predicted octanol–water partition coefficient (Wildman–Crippen LogP) is 6.80. The molecule has 0 saturated heterocycles. The van der Waals surface area contributed by atoms with Gasteiger partial charge in [0, 0.05) is 22.2 Å². The van der Waals surface area contributed by atoms with E-state index in [1.54, 1.807) is 0 Å². The van der Waals surface area contributed by atoms with Crippen molar-refractivity contribution in [2.45, 2.75) is 72.6 Å². The zero-order valence-electron chi connectivity index (χ0n) is 22.0. The molecule has 0 amide bonds. The number of hydrogen-bond donors (Lipinski definition) is 2. The van der Waals surface area contributed by atoms with Gasteiger partial charge in [0.05, 0.1) is 22.2 Å². The van der Waals surface area contributed by atoms with Crippen molar-refractivity contribution >= 4 is 33.7 Å². The van der Waals surface area contributed by atoms with E-state index in [9.17, 15) is 19.8 Å². The van der Waals surface area contributed by atoms with Crippen LogP contribution in [0, 0.1) is 0 Å². The first-order valence-electron chi connectivity index (χ1n) is 13.2. The van der Waals surface area contributed by atoms with E-state index in [2.05, 4.69) is 13.8 Å². The van der Waals surface area contributed by atoms with Crippen molar-refractivity contribution in [3.8, 4) is 0 Å². The summed E-state index contributed by atoms with van der Waals surface area (Å²) >= 11 is 0. The lowest BCUT2D eigenvalue weighted by molar-refractivity contribution is 0.0686. The minimum absolute atomic E-state index is 0.338. The maximum absolute atomic E-state index is 12.3. The molecule has 2 N–H and O–H groups in total. The largest absolute Gasteiger partial charge is 0.478 e. The second kappa shape index (κ2) is 11.1. The van der Waals surface area contributed by atoms with Crippen LogP contribution in [0.2, 0.25) is 0 Å². The Labute approximate surface area is 217 Å². The number of carboxylic acid groups (broad SMARTS) is 2. The van der Waals surface area contributed by atoms with Crippen molar-refractivity contribution < 1.29 is 19.8 Å². The van der Waals surface area contributed by atoms with Gasteiger partial charge in [-0.3, -0.25) is 9.97 Å². The summed E-state index contributed by atoms with van der Waals surface area (Å²) in [4.78, 5) is 34.2. The van der Waals surface area contributed by atoms with Crippen molar-refractivity contribution in [2.75, 3.05) is 0 Å². The first-order chi connectivity index (χ1) is 17.8. The predicted molar refractivity (Wildman–Crippen MR) is 147 cm³/mol. The SMILES string of the molecule is CCCc1nc2ccc(Cc3ccc4nc(CCC)c(CC)c(C(=O)O)c4c3)cc2c(C(=O)O)c1CC. The third-order valence-electron chi connectivity index (χ3n) is 6.99. The van der Waals surface area contributed by atoms with E-state index in [0.717, 1.165) is 59.3 Å². The number of aryl methyl sites for hydroxylation is 2. The Bertz CT molecular complexity index is 1390. The summed E-state index contributed by atoms with van der Waals surface area (Å²) in [5.41, 5.74) is 7.28. The van der Waals surface area contributed by atoms with Gasteiger partial charge >= 0.3 is 11.9 Å². The van der Waals surface area contributed by atoms with Gasteiger partial charge in [-0.05, 0) is 78.6 Å². The molecule has 0 radical (unpaired) electrons. The van der Waals surface area contributed by atoms with Gasteiger partial charge in [0.2, 0.25) is 0 Å². The lowest BCUT2D eigenvalue weighted by atomic mass is 9.93. The number of benzene rings is 2. The van der Waals surface area contributed by atoms with Gasteiger partial charge in [-0.1, -0.05) is 52.7 Å². The highest BCUT2D eigenvalue weighted by atomic mass is 16.4. The van der Waals surface area contributed by atoms with Crippen LogP contribution < -0.4 is 0 Å². The quantitative estimate of drug-likeness (QED) is 0.249. The molecule has 0 bridgehead atoms. The van der Waals surface area contributed by atoms with E-state index in [0.29, 0.717) is 52.2 Å². The number of carboxylic acids is 2. The molecule has 0 aliphatic carbocycles. The molecule has 0 unspecified atom stereocenters. The molecule has 0 fully saturated rings. The summed E-state index contributed by atoms with van der Waals surface area (Å²) < 4.78 is 0. The number of hydrogen-bond acceptors (Lipinski definition) is 4. The van der Waals surface area contributed by atoms with Crippen LogP contribution in [0.15, 0.2) is 36.4 Å². The second-order valence-electron chi connectivity index (χ2n) is 9.52. The molecule has 6 nitrogen and oxygen atoms in total. The normalized spacial score (nSPS) is 11.4. The highest BCUT2D eigenvalue weighted by Gasteiger charge is 2.21. The number of aromatic carboxylic acids is 2. The molecule has 2 heterocycles. The highest BCUT2D eigenvalue weighted by molar-refractivity contribution is 6.05. The molecule has 0 saturated carbocycles. The van der Waals surface area contributed by atoms with Crippen LogP contribution in [-0.4, -0.2) is 32.1 Å². The summed E-state index contributed by atoms with van der Waals surface area (Å²) in [6.07, 6.45) is 5.06. The minimum atomic E-state index is -0.934. The second-order valence-corrected chi connectivity index (χ2v) is 9.52. The van der Waals surface area contributed by atoms with E-state index in [-0.39, 0.29) is 0 Å². The Balaban J connectivity index is 1.83. The fourth-order valence-electron chi connectivity index (χ4n) is 5.39. The smallest absolute Gasteiger partial charge is 0.336 e. The summed E-state index contributed by atoms with van der Waals surface area (Å²) in [6.45, 7) is 8.07. The van der Waals surface area contributed by atoms with Gasteiger partial charge < -0.3 is 10.2 Å². The van der Waals surface area contributed by atoms with E-state index >= 15 is 0 Å². The Morgan fingerprint density at radius 3 is 1.41 bits per heavy atom. The fraction of sp³-hybridized carbons (Fsp3) is 0.355. The molecule has 0 atom stereocenters. The first-order valence-corrected chi connectivity index (χ1v) is 13.2. The molecule has 2 aromatic carbocycles. The third-order valence-corrected chi connectivity index (χ3v) is 6.99. The third kappa shape index (κ3) is 5.06. The Hall–Kier alpha value is -3.80. The van der Waals surface area contributed by atoms with Crippen molar-refractivity contribution in [1.29, 1.82) is 0 Å². The van der Waals surface area contributed by atoms with Crippen molar-refractivity contribution in [3.05, 3.63) is 81.2 Å². The Morgan fingerprint density at radius 2 is 1.08 bits per heavy atom. The van der Waals surface area contributed by atoms with Gasteiger partial charge in [-0.15, -0.1) is 0 Å². The van der Waals surface area contributed by atoms with Crippen LogP contribution in [0.5, 0.6) is 0 Å². The van der Waals surface area contributed by atoms with Crippen molar-refractivity contribution in [3.63, 3.8) is 0 Å². The molecule has 0 spiro atoms. The van der Waals surface area contributed by atoms with Crippen molar-refractivity contribution in [1.82, 2.24) is 9.97 Å². The maximum atomic E-state index is 12.3. The fourth-order valence-corrected chi connectivity index (χ4v) is 5.39. The summed E-state index contributed by atoms with van der Waals surface area (Å²) in [5, 5.41) is 21.5. The summed E-state index contributed by atoms with van der Waals surface area (Å²) in [6, 6.07) is 11.6. The Morgan fingerprint density at radius 1 is 0.676 bits per heavy atom. The highest BCUT2D eigenvalue weighted by Crippen LogP contribution is 2.29. The van der Waals surface area contributed by atoms with Crippen LogP contribution in [0.1, 0.15) is 94.9 Å². The molecule has 0 aliphatic heterocycles.